The number of benzene rings is 2. The van der Waals surface area contributed by atoms with E-state index >= 15 is 0 Å². The number of likely N-dealkylation sites (N-methyl/N-ethyl adjacent to an activating group) is 1. The number of piperazine rings is 1. The number of para-hydroxylation sites is 1. The Kier molecular flexibility index (Phi) is 5.63. The van der Waals surface area contributed by atoms with Crippen LogP contribution in [0.5, 0.6) is 0 Å². The number of hydrogen-bond donors (Lipinski definition) is 2. The predicted octanol–water partition coefficient (Wildman–Crippen LogP) is 3.88. The summed E-state index contributed by atoms with van der Waals surface area (Å²) < 4.78 is 0. The first-order valence-corrected chi connectivity index (χ1v) is 10.1. The molecule has 4 rings (SSSR count). The highest BCUT2D eigenvalue weighted by Crippen LogP contribution is 2.21. The zero-order valence-electron chi connectivity index (χ0n) is 16.4. The van der Waals surface area contributed by atoms with E-state index in [2.05, 4.69) is 63.7 Å². The summed E-state index contributed by atoms with van der Waals surface area (Å²) in [5, 5.41) is 4.28. The summed E-state index contributed by atoms with van der Waals surface area (Å²) in [4.78, 5) is 20.3. The maximum Gasteiger partial charge on any atom is 0.224 e. The monoisotopic (exact) mass is 376 g/mol. The molecule has 1 saturated heterocycles. The fourth-order valence-electron chi connectivity index (χ4n) is 3.82. The molecule has 3 aromatic rings. The highest BCUT2D eigenvalue weighted by atomic mass is 16.1. The fraction of sp³-hybridized carbons (Fsp3) is 0.348. The van der Waals surface area contributed by atoms with Gasteiger partial charge < -0.3 is 20.1 Å². The van der Waals surface area contributed by atoms with Crippen LogP contribution in [-0.2, 0) is 11.2 Å². The second kappa shape index (κ2) is 8.48. The Morgan fingerprint density at radius 3 is 2.57 bits per heavy atom. The van der Waals surface area contributed by atoms with Crippen LogP contribution in [-0.4, -0.2) is 49.0 Å². The molecule has 1 aromatic heterocycles. The number of anilines is 2. The lowest BCUT2D eigenvalue weighted by Gasteiger charge is -2.34. The fourth-order valence-corrected chi connectivity index (χ4v) is 3.82. The third kappa shape index (κ3) is 4.37. The average molecular weight is 377 g/mol. The van der Waals surface area contributed by atoms with E-state index in [4.69, 9.17) is 0 Å². The van der Waals surface area contributed by atoms with Gasteiger partial charge in [0.05, 0.1) is 0 Å². The third-order valence-electron chi connectivity index (χ3n) is 5.54. The Balaban J connectivity index is 1.25. The minimum Gasteiger partial charge on any atom is -0.369 e. The molecule has 0 aliphatic carbocycles. The van der Waals surface area contributed by atoms with Gasteiger partial charge in [-0.2, -0.15) is 0 Å². The molecule has 5 heteroatoms. The van der Waals surface area contributed by atoms with Crippen LogP contribution in [0.25, 0.3) is 10.9 Å². The molecule has 0 atom stereocenters. The van der Waals surface area contributed by atoms with Gasteiger partial charge in [-0.3, -0.25) is 4.79 Å². The van der Waals surface area contributed by atoms with Crippen LogP contribution >= 0.6 is 0 Å². The van der Waals surface area contributed by atoms with Gasteiger partial charge >= 0.3 is 0 Å². The number of aromatic amines is 1. The molecule has 28 heavy (non-hydrogen) atoms. The number of aryl methyl sites for hydroxylation is 1. The minimum atomic E-state index is 0.0761. The quantitative estimate of drug-likeness (QED) is 0.686. The summed E-state index contributed by atoms with van der Waals surface area (Å²) in [5.41, 5.74) is 4.53. The van der Waals surface area contributed by atoms with Gasteiger partial charge in [0.25, 0.3) is 0 Å². The molecule has 0 radical (unpaired) electrons. The summed E-state index contributed by atoms with van der Waals surface area (Å²) in [7, 11) is 2.16. The Morgan fingerprint density at radius 2 is 1.79 bits per heavy atom. The van der Waals surface area contributed by atoms with E-state index in [0.717, 1.165) is 50.2 Å². The van der Waals surface area contributed by atoms with Crippen molar-refractivity contribution in [3.8, 4) is 0 Å². The average Bonchev–Trinajstić information content (AvgIpc) is 3.13. The van der Waals surface area contributed by atoms with Crippen molar-refractivity contribution in [1.82, 2.24) is 9.88 Å². The van der Waals surface area contributed by atoms with Crippen molar-refractivity contribution in [3.05, 3.63) is 60.3 Å². The third-order valence-corrected chi connectivity index (χ3v) is 5.54. The van der Waals surface area contributed by atoms with E-state index in [0.29, 0.717) is 6.42 Å². The normalized spacial score (nSPS) is 15.1. The second-order valence-electron chi connectivity index (χ2n) is 7.60. The molecule has 2 heterocycles. The molecule has 1 aliphatic heterocycles. The van der Waals surface area contributed by atoms with E-state index in [9.17, 15) is 4.79 Å². The summed E-state index contributed by atoms with van der Waals surface area (Å²) in [6.07, 6.45) is 4.33. The van der Waals surface area contributed by atoms with Gasteiger partial charge in [0.15, 0.2) is 0 Å². The smallest absolute Gasteiger partial charge is 0.224 e. The first-order valence-electron chi connectivity index (χ1n) is 10.1. The molecular formula is C23H28N4O. The number of H-pyrrole nitrogens is 1. The molecule has 146 valence electrons. The Labute approximate surface area is 166 Å². The van der Waals surface area contributed by atoms with E-state index in [1.165, 1.54) is 16.6 Å². The lowest BCUT2D eigenvalue weighted by atomic mass is 10.1. The van der Waals surface area contributed by atoms with Crippen LogP contribution in [0.2, 0.25) is 0 Å². The summed E-state index contributed by atoms with van der Waals surface area (Å²) in [5.74, 6) is 0.0761. The van der Waals surface area contributed by atoms with Crippen molar-refractivity contribution >= 4 is 28.2 Å². The Morgan fingerprint density at radius 1 is 1.04 bits per heavy atom. The molecule has 1 aliphatic rings. The Hall–Kier alpha value is -2.79. The topological polar surface area (TPSA) is 51.4 Å². The highest BCUT2D eigenvalue weighted by molar-refractivity contribution is 5.91. The van der Waals surface area contributed by atoms with Crippen LogP contribution in [0.15, 0.2) is 54.7 Å². The van der Waals surface area contributed by atoms with Crippen molar-refractivity contribution in [2.24, 2.45) is 0 Å². The minimum absolute atomic E-state index is 0.0761. The zero-order chi connectivity index (χ0) is 19.3. The molecule has 5 nitrogen and oxygen atoms in total. The first kappa shape index (κ1) is 18.6. The molecule has 0 spiro atoms. The number of carbonyl (C=O) groups excluding carboxylic acids is 1. The van der Waals surface area contributed by atoms with E-state index in [1.807, 2.05) is 18.2 Å². The number of amides is 1. The lowest BCUT2D eigenvalue weighted by molar-refractivity contribution is -0.116. The van der Waals surface area contributed by atoms with Gasteiger partial charge in [-0.15, -0.1) is 0 Å². The number of aromatic nitrogens is 1. The zero-order valence-corrected chi connectivity index (χ0v) is 16.4. The van der Waals surface area contributed by atoms with E-state index < -0.39 is 0 Å². The summed E-state index contributed by atoms with van der Waals surface area (Å²) in [6.45, 7) is 4.29. The number of hydrogen-bond acceptors (Lipinski definition) is 3. The number of nitrogens with zero attached hydrogens (tertiary/aromatic N) is 2. The number of fused-ring (bicyclic) bond motifs is 1. The van der Waals surface area contributed by atoms with Crippen LogP contribution in [0, 0.1) is 0 Å². The van der Waals surface area contributed by atoms with Gasteiger partial charge in [-0.25, -0.2) is 0 Å². The van der Waals surface area contributed by atoms with Crippen LogP contribution in [0.3, 0.4) is 0 Å². The van der Waals surface area contributed by atoms with Crippen molar-refractivity contribution < 1.29 is 4.79 Å². The number of nitrogens with one attached hydrogen (secondary N) is 2. The molecule has 2 N–H and O–H groups in total. The van der Waals surface area contributed by atoms with Crippen molar-refractivity contribution in [2.45, 2.75) is 19.3 Å². The molecule has 1 amide bonds. The summed E-state index contributed by atoms with van der Waals surface area (Å²) >= 11 is 0. The largest absolute Gasteiger partial charge is 0.369 e. The molecule has 0 saturated carbocycles. The maximum absolute atomic E-state index is 12.3. The van der Waals surface area contributed by atoms with Gasteiger partial charge in [-0.1, -0.05) is 18.2 Å². The van der Waals surface area contributed by atoms with Gasteiger partial charge in [-0.05, 0) is 55.8 Å². The molecule has 2 aromatic carbocycles. The molecule has 1 fully saturated rings. The highest BCUT2D eigenvalue weighted by Gasteiger charge is 2.14. The van der Waals surface area contributed by atoms with Crippen LogP contribution in [0.1, 0.15) is 18.4 Å². The SMILES string of the molecule is CN1CCN(c2ccc(NC(=O)CCCc3c[nH]c4ccccc34)cc2)CC1. The molecular weight excluding hydrogens is 348 g/mol. The van der Waals surface area contributed by atoms with E-state index in [-0.39, 0.29) is 5.91 Å². The maximum atomic E-state index is 12.3. The molecule has 0 unspecified atom stereocenters. The van der Waals surface area contributed by atoms with Crippen LogP contribution in [0.4, 0.5) is 11.4 Å². The van der Waals surface area contributed by atoms with E-state index in [1.54, 1.807) is 0 Å². The van der Waals surface area contributed by atoms with Crippen molar-refractivity contribution in [1.29, 1.82) is 0 Å². The lowest BCUT2D eigenvalue weighted by Crippen LogP contribution is -2.44. The standard InChI is InChI=1S/C23H28N4O/c1-26-13-15-27(16-14-26)20-11-9-19(10-12-20)25-23(28)8-4-5-18-17-24-22-7-3-2-6-21(18)22/h2-3,6-7,9-12,17,24H,4-5,8,13-16H2,1H3,(H,25,28). The predicted molar refractivity (Wildman–Crippen MR) is 116 cm³/mol. The second-order valence-corrected chi connectivity index (χ2v) is 7.60. The molecule has 0 bridgehead atoms. The summed E-state index contributed by atoms with van der Waals surface area (Å²) in [6, 6.07) is 16.5. The van der Waals surface area contributed by atoms with Gasteiger partial charge in [0.2, 0.25) is 5.91 Å². The van der Waals surface area contributed by atoms with Crippen molar-refractivity contribution in [3.63, 3.8) is 0 Å². The van der Waals surface area contributed by atoms with Crippen LogP contribution < -0.4 is 10.2 Å². The number of carbonyl (C=O) groups is 1. The van der Waals surface area contributed by atoms with Gasteiger partial charge in [0.1, 0.15) is 0 Å². The van der Waals surface area contributed by atoms with Crippen molar-refractivity contribution in [2.75, 3.05) is 43.4 Å². The Bertz CT molecular complexity index is 923. The first-order chi connectivity index (χ1) is 13.7. The number of rotatable bonds is 6. The van der Waals surface area contributed by atoms with Gasteiger partial charge in [0, 0.05) is 61.1 Å².